The van der Waals surface area contributed by atoms with Gasteiger partial charge in [-0.3, -0.25) is 9.59 Å². The number of carbonyl (C=O) groups is 2. The lowest BCUT2D eigenvalue weighted by atomic mass is 10.1. The van der Waals surface area contributed by atoms with Gasteiger partial charge in [0.25, 0.3) is 5.91 Å². The van der Waals surface area contributed by atoms with Crippen molar-refractivity contribution < 1.29 is 9.59 Å². The Morgan fingerprint density at radius 1 is 1.00 bits per heavy atom. The monoisotopic (exact) mass is 276 g/mol. The molecule has 0 bridgehead atoms. The molecule has 0 saturated carbocycles. The van der Waals surface area contributed by atoms with Crippen LogP contribution in [0.4, 0.5) is 0 Å². The highest BCUT2D eigenvalue weighted by Crippen LogP contribution is 2.13. The molecule has 1 rings (SSSR count). The number of benzene rings is 1. The van der Waals surface area contributed by atoms with E-state index in [0.29, 0.717) is 11.1 Å². The molecule has 0 heterocycles. The SMILES string of the molecule is CCCCN(CCCC)C(=O)c1ccccc1C(N)=O. The first kappa shape index (κ1) is 16.2. The minimum atomic E-state index is -0.556. The van der Waals surface area contributed by atoms with Crippen LogP contribution in [0.15, 0.2) is 24.3 Å². The Kier molecular flexibility index (Phi) is 6.77. The average molecular weight is 276 g/mol. The van der Waals surface area contributed by atoms with Crippen molar-refractivity contribution in [1.82, 2.24) is 4.90 Å². The summed E-state index contributed by atoms with van der Waals surface area (Å²) in [6.45, 7) is 5.64. The van der Waals surface area contributed by atoms with Gasteiger partial charge in [-0.1, -0.05) is 38.8 Å². The number of hydrogen-bond donors (Lipinski definition) is 1. The third-order valence-electron chi connectivity index (χ3n) is 3.27. The van der Waals surface area contributed by atoms with Crippen LogP contribution in [0, 0.1) is 0 Å². The van der Waals surface area contributed by atoms with Crippen LogP contribution in [0.2, 0.25) is 0 Å². The van der Waals surface area contributed by atoms with E-state index in [2.05, 4.69) is 13.8 Å². The lowest BCUT2D eigenvalue weighted by Gasteiger charge is -2.23. The summed E-state index contributed by atoms with van der Waals surface area (Å²) in [7, 11) is 0. The van der Waals surface area contributed by atoms with Gasteiger partial charge < -0.3 is 10.6 Å². The lowest BCUT2D eigenvalue weighted by Crippen LogP contribution is -2.34. The Hall–Kier alpha value is -1.84. The molecule has 0 saturated heterocycles. The van der Waals surface area contributed by atoms with Crippen molar-refractivity contribution in [2.75, 3.05) is 13.1 Å². The lowest BCUT2D eigenvalue weighted by molar-refractivity contribution is 0.0746. The Morgan fingerprint density at radius 3 is 1.95 bits per heavy atom. The molecule has 0 unspecified atom stereocenters. The van der Waals surface area contributed by atoms with E-state index in [4.69, 9.17) is 5.73 Å². The summed E-state index contributed by atoms with van der Waals surface area (Å²) in [4.78, 5) is 25.9. The largest absolute Gasteiger partial charge is 0.366 e. The van der Waals surface area contributed by atoms with Gasteiger partial charge in [0.1, 0.15) is 0 Å². The highest BCUT2D eigenvalue weighted by Gasteiger charge is 2.19. The summed E-state index contributed by atoms with van der Waals surface area (Å²) in [6, 6.07) is 6.76. The van der Waals surface area contributed by atoms with E-state index in [1.807, 2.05) is 4.90 Å². The quantitative estimate of drug-likeness (QED) is 0.793. The third-order valence-corrected chi connectivity index (χ3v) is 3.27. The molecular formula is C16H24N2O2. The van der Waals surface area contributed by atoms with Gasteiger partial charge >= 0.3 is 0 Å². The number of nitrogens with two attached hydrogens (primary N) is 1. The van der Waals surface area contributed by atoms with Crippen LogP contribution in [0.5, 0.6) is 0 Å². The van der Waals surface area contributed by atoms with Gasteiger partial charge in [-0.05, 0) is 25.0 Å². The van der Waals surface area contributed by atoms with Gasteiger partial charge in [0.15, 0.2) is 0 Å². The molecule has 0 aliphatic rings. The summed E-state index contributed by atoms with van der Waals surface area (Å²) >= 11 is 0. The van der Waals surface area contributed by atoms with Gasteiger partial charge in [0, 0.05) is 13.1 Å². The van der Waals surface area contributed by atoms with E-state index in [-0.39, 0.29) is 5.91 Å². The zero-order valence-electron chi connectivity index (χ0n) is 12.4. The van der Waals surface area contributed by atoms with Crippen LogP contribution in [0.1, 0.15) is 60.2 Å². The van der Waals surface area contributed by atoms with E-state index in [0.717, 1.165) is 38.8 Å². The minimum Gasteiger partial charge on any atom is -0.366 e. The second-order valence-electron chi connectivity index (χ2n) is 4.91. The summed E-state index contributed by atoms with van der Waals surface area (Å²) < 4.78 is 0. The van der Waals surface area contributed by atoms with Crippen LogP contribution >= 0.6 is 0 Å². The Morgan fingerprint density at radius 2 is 1.50 bits per heavy atom. The van der Waals surface area contributed by atoms with Crippen molar-refractivity contribution in [2.24, 2.45) is 5.73 Å². The Balaban J connectivity index is 2.95. The molecule has 0 radical (unpaired) electrons. The van der Waals surface area contributed by atoms with Crippen LogP contribution in [-0.4, -0.2) is 29.8 Å². The maximum Gasteiger partial charge on any atom is 0.254 e. The Bertz CT molecular complexity index is 450. The minimum absolute atomic E-state index is 0.0960. The first-order chi connectivity index (χ1) is 9.61. The number of primary amides is 1. The molecule has 0 spiro atoms. The fourth-order valence-corrected chi connectivity index (χ4v) is 2.07. The van der Waals surface area contributed by atoms with Crippen molar-refractivity contribution in [3.8, 4) is 0 Å². The van der Waals surface area contributed by atoms with Gasteiger partial charge in [-0.2, -0.15) is 0 Å². The normalized spacial score (nSPS) is 10.3. The predicted molar refractivity (Wildman–Crippen MR) is 80.7 cm³/mol. The maximum atomic E-state index is 12.6. The number of unbranched alkanes of at least 4 members (excludes halogenated alkanes) is 2. The van der Waals surface area contributed by atoms with E-state index in [1.165, 1.54) is 0 Å². The molecule has 0 fully saturated rings. The number of amides is 2. The van der Waals surface area contributed by atoms with Crippen LogP contribution in [-0.2, 0) is 0 Å². The summed E-state index contributed by atoms with van der Waals surface area (Å²) in [5.74, 6) is -0.652. The highest BCUT2D eigenvalue weighted by molar-refractivity contribution is 6.06. The smallest absolute Gasteiger partial charge is 0.254 e. The van der Waals surface area contributed by atoms with Gasteiger partial charge in [-0.25, -0.2) is 0 Å². The van der Waals surface area contributed by atoms with E-state index in [1.54, 1.807) is 24.3 Å². The summed E-state index contributed by atoms with van der Waals surface area (Å²) in [6.07, 6.45) is 4.00. The molecule has 4 nitrogen and oxygen atoms in total. The predicted octanol–water partition coefficient (Wildman–Crippen LogP) is 2.83. The summed E-state index contributed by atoms with van der Waals surface area (Å²) in [5.41, 5.74) is 6.05. The molecule has 0 aliphatic carbocycles. The van der Waals surface area contributed by atoms with E-state index in [9.17, 15) is 9.59 Å². The zero-order valence-corrected chi connectivity index (χ0v) is 12.4. The molecule has 110 valence electrons. The Labute approximate surface area is 121 Å². The van der Waals surface area contributed by atoms with E-state index < -0.39 is 5.91 Å². The van der Waals surface area contributed by atoms with Crippen molar-refractivity contribution in [2.45, 2.75) is 39.5 Å². The van der Waals surface area contributed by atoms with Crippen molar-refractivity contribution in [3.05, 3.63) is 35.4 Å². The molecule has 2 N–H and O–H groups in total. The molecule has 20 heavy (non-hydrogen) atoms. The molecule has 1 aromatic carbocycles. The van der Waals surface area contributed by atoms with Crippen LogP contribution in [0.3, 0.4) is 0 Å². The van der Waals surface area contributed by atoms with Crippen molar-refractivity contribution >= 4 is 11.8 Å². The second kappa shape index (κ2) is 8.35. The van der Waals surface area contributed by atoms with Crippen molar-refractivity contribution in [3.63, 3.8) is 0 Å². The maximum absolute atomic E-state index is 12.6. The molecule has 0 aliphatic heterocycles. The summed E-state index contributed by atoms with van der Waals surface area (Å²) in [5, 5.41) is 0. The van der Waals surface area contributed by atoms with Crippen LogP contribution in [0.25, 0.3) is 0 Å². The number of nitrogens with zero attached hydrogens (tertiary/aromatic N) is 1. The number of hydrogen-bond acceptors (Lipinski definition) is 2. The number of rotatable bonds is 8. The molecular weight excluding hydrogens is 252 g/mol. The van der Waals surface area contributed by atoms with Gasteiger partial charge in [-0.15, -0.1) is 0 Å². The number of carbonyl (C=O) groups excluding carboxylic acids is 2. The highest BCUT2D eigenvalue weighted by atomic mass is 16.2. The molecule has 1 aromatic rings. The third kappa shape index (κ3) is 4.37. The second-order valence-corrected chi connectivity index (χ2v) is 4.91. The zero-order chi connectivity index (χ0) is 15.0. The molecule has 4 heteroatoms. The topological polar surface area (TPSA) is 63.4 Å². The van der Waals surface area contributed by atoms with Crippen molar-refractivity contribution in [1.29, 1.82) is 0 Å². The van der Waals surface area contributed by atoms with Gasteiger partial charge in [0.05, 0.1) is 11.1 Å². The van der Waals surface area contributed by atoms with Crippen LogP contribution < -0.4 is 5.73 Å². The molecule has 2 amide bonds. The van der Waals surface area contributed by atoms with E-state index >= 15 is 0 Å². The first-order valence-corrected chi connectivity index (χ1v) is 7.29. The molecule has 0 aromatic heterocycles. The standard InChI is InChI=1S/C16H24N2O2/c1-3-5-11-18(12-6-4-2)16(20)14-10-8-7-9-13(14)15(17)19/h7-10H,3-6,11-12H2,1-2H3,(H2,17,19). The van der Waals surface area contributed by atoms with Gasteiger partial charge in [0.2, 0.25) is 5.91 Å². The fraction of sp³-hybridized carbons (Fsp3) is 0.500. The first-order valence-electron chi connectivity index (χ1n) is 7.29. The average Bonchev–Trinajstić information content (AvgIpc) is 2.46. The fourth-order valence-electron chi connectivity index (χ4n) is 2.07. The molecule has 0 atom stereocenters.